The summed E-state index contributed by atoms with van der Waals surface area (Å²) < 4.78 is 0. The Morgan fingerprint density at radius 3 is 1.79 bits per heavy atom. The van der Waals surface area contributed by atoms with Crippen LogP contribution in [-0.4, -0.2) is 108 Å². The minimum absolute atomic E-state index is 0.00682. The van der Waals surface area contributed by atoms with Crippen molar-refractivity contribution in [3.63, 3.8) is 0 Å². The minimum Gasteiger partial charge on any atom is -0.508 e. The van der Waals surface area contributed by atoms with E-state index in [9.17, 15) is 43.8 Å². The van der Waals surface area contributed by atoms with E-state index in [1.54, 1.807) is 26.0 Å². The number of unbranched alkanes of at least 4 members (excludes halogenated alkanes) is 1. The lowest BCUT2D eigenvalue weighted by Gasteiger charge is -2.28. The highest BCUT2D eigenvalue weighted by molar-refractivity contribution is 5.97. The van der Waals surface area contributed by atoms with Gasteiger partial charge in [-0.2, -0.15) is 0 Å². The fourth-order valence-corrected chi connectivity index (χ4v) is 5.01. The molecule has 0 radical (unpaired) electrons. The summed E-state index contributed by atoms with van der Waals surface area (Å²) in [6, 6.07) is -0.356. The molecule has 0 saturated carbocycles. The Balaban J connectivity index is 3.21. The van der Waals surface area contributed by atoms with E-state index in [1.165, 1.54) is 26.1 Å². The molecule has 0 aliphatic heterocycles. The number of phenolic OH excluding ortho intramolecular Hbond substituents is 1. The highest BCUT2D eigenvalue weighted by atomic mass is 16.4. The standard InChI is InChI=1S/C33H54N10O9/c1-18(2)27(43-31(51)24(39-19(3)44)16-20-10-12-21(45)13-11-20)32(52)42-25(17-26(46)47)30(50)41-23(8-5-6-14-34)29(49)40-22(28(48)37-4)9-7-15-38-33(35)36/h10-13,18,22-25,27,45H,5-9,14-17,34H2,1-4H3,(H,37,48)(H,39,44)(H,40,49)(H,41,50)(H,42,52)(H,43,51)(H,46,47)(H4,35,36,38)/t22-,23-,24-,25-,27-/m1/s1. The molecule has 6 amide bonds. The van der Waals surface area contributed by atoms with Crippen molar-refractivity contribution >= 4 is 47.4 Å². The molecule has 0 aromatic heterocycles. The smallest absolute Gasteiger partial charge is 0.305 e. The van der Waals surface area contributed by atoms with Crippen LogP contribution >= 0.6 is 0 Å². The van der Waals surface area contributed by atoms with Gasteiger partial charge in [0, 0.05) is 26.9 Å². The van der Waals surface area contributed by atoms with E-state index in [1.807, 2.05) is 0 Å². The van der Waals surface area contributed by atoms with E-state index in [4.69, 9.17) is 17.2 Å². The Bertz CT molecular complexity index is 1400. The molecule has 0 saturated heterocycles. The van der Waals surface area contributed by atoms with Crippen molar-refractivity contribution in [2.75, 3.05) is 20.1 Å². The first-order chi connectivity index (χ1) is 24.5. The van der Waals surface area contributed by atoms with Crippen LogP contribution in [0.4, 0.5) is 0 Å². The van der Waals surface area contributed by atoms with Crippen molar-refractivity contribution in [2.24, 2.45) is 28.1 Å². The number of aromatic hydroxyl groups is 1. The van der Waals surface area contributed by atoms with Crippen molar-refractivity contribution < 1.29 is 43.8 Å². The number of nitrogens with zero attached hydrogens (tertiary/aromatic N) is 1. The highest BCUT2D eigenvalue weighted by Crippen LogP contribution is 2.13. The van der Waals surface area contributed by atoms with Crippen molar-refractivity contribution in [1.82, 2.24) is 31.9 Å². The Kier molecular flexibility index (Phi) is 19.8. The Morgan fingerprint density at radius 1 is 0.731 bits per heavy atom. The van der Waals surface area contributed by atoms with Gasteiger partial charge in [-0.1, -0.05) is 26.0 Å². The number of nitrogens with one attached hydrogen (secondary N) is 6. The first-order valence-electron chi connectivity index (χ1n) is 16.9. The molecule has 0 heterocycles. The number of guanidine groups is 1. The molecular weight excluding hydrogens is 680 g/mol. The largest absolute Gasteiger partial charge is 0.508 e. The second-order valence-electron chi connectivity index (χ2n) is 12.5. The number of aliphatic imine (C=N–C) groups is 1. The number of carboxylic acids is 1. The Labute approximate surface area is 302 Å². The predicted molar refractivity (Wildman–Crippen MR) is 191 cm³/mol. The average molecular weight is 735 g/mol. The minimum atomic E-state index is -1.68. The molecule has 5 atom stereocenters. The van der Waals surface area contributed by atoms with E-state index in [2.05, 4.69) is 36.9 Å². The van der Waals surface area contributed by atoms with Gasteiger partial charge < -0.3 is 59.3 Å². The number of carbonyl (C=O) groups is 7. The average Bonchev–Trinajstić information content (AvgIpc) is 3.07. The summed E-state index contributed by atoms with van der Waals surface area (Å²) in [5.74, 6) is -6.48. The number of amides is 6. The molecular formula is C33H54N10O9. The van der Waals surface area contributed by atoms with Gasteiger partial charge in [-0.15, -0.1) is 0 Å². The molecule has 0 fully saturated rings. The maximum absolute atomic E-state index is 13.5. The fraction of sp³-hybridized carbons (Fsp3) is 0.576. The van der Waals surface area contributed by atoms with Gasteiger partial charge in [-0.25, -0.2) is 0 Å². The van der Waals surface area contributed by atoms with Gasteiger partial charge in [-0.05, 0) is 62.3 Å². The van der Waals surface area contributed by atoms with Crippen molar-refractivity contribution in [1.29, 1.82) is 0 Å². The Morgan fingerprint density at radius 2 is 1.27 bits per heavy atom. The van der Waals surface area contributed by atoms with Gasteiger partial charge in [0.1, 0.15) is 36.0 Å². The molecule has 0 aliphatic carbocycles. The summed E-state index contributed by atoms with van der Waals surface area (Å²) in [6.07, 6.45) is 0.608. The molecule has 14 N–H and O–H groups in total. The van der Waals surface area contributed by atoms with E-state index in [0.29, 0.717) is 31.4 Å². The molecule has 290 valence electrons. The molecule has 0 spiro atoms. The summed E-state index contributed by atoms with van der Waals surface area (Å²) in [5.41, 5.74) is 16.9. The van der Waals surface area contributed by atoms with Gasteiger partial charge in [0.15, 0.2) is 5.96 Å². The lowest BCUT2D eigenvalue weighted by atomic mass is 10.00. The van der Waals surface area contributed by atoms with Gasteiger partial charge in [0.05, 0.1) is 6.42 Å². The predicted octanol–water partition coefficient (Wildman–Crippen LogP) is -2.56. The van der Waals surface area contributed by atoms with Crippen LogP contribution in [0.3, 0.4) is 0 Å². The van der Waals surface area contributed by atoms with Crippen molar-refractivity contribution in [2.45, 2.75) is 95.9 Å². The van der Waals surface area contributed by atoms with Crippen LogP contribution in [0, 0.1) is 5.92 Å². The number of benzene rings is 1. The summed E-state index contributed by atoms with van der Waals surface area (Å²) in [7, 11) is 1.39. The molecule has 52 heavy (non-hydrogen) atoms. The zero-order valence-corrected chi connectivity index (χ0v) is 30.1. The molecule has 0 bridgehead atoms. The number of carbonyl (C=O) groups excluding carboxylic acids is 6. The van der Waals surface area contributed by atoms with Crippen LogP contribution in [0.25, 0.3) is 0 Å². The number of phenols is 1. The van der Waals surface area contributed by atoms with Gasteiger partial charge in [-0.3, -0.25) is 38.6 Å². The van der Waals surface area contributed by atoms with Crippen molar-refractivity contribution in [3.8, 4) is 5.75 Å². The summed E-state index contributed by atoms with van der Waals surface area (Å²) in [4.78, 5) is 93.9. The quantitative estimate of drug-likeness (QED) is 0.0314. The number of rotatable bonds is 23. The highest BCUT2D eigenvalue weighted by Gasteiger charge is 2.34. The molecule has 19 heteroatoms. The summed E-state index contributed by atoms with van der Waals surface area (Å²) >= 11 is 0. The molecule has 19 nitrogen and oxygen atoms in total. The summed E-state index contributed by atoms with van der Waals surface area (Å²) in [6.45, 7) is 4.94. The molecule has 1 aromatic rings. The SMILES string of the molecule is CNC(=O)[C@@H](CCCN=C(N)N)NC(=O)[C@@H](CCCCN)NC(=O)[C@@H](CC(=O)O)NC(=O)[C@H](NC(=O)[C@@H](Cc1ccc(O)cc1)NC(C)=O)C(C)C. The number of nitrogens with two attached hydrogens (primary N) is 3. The lowest BCUT2D eigenvalue weighted by Crippen LogP contribution is -2.60. The van der Waals surface area contributed by atoms with Gasteiger partial charge in [0.25, 0.3) is 0 Å². The third-order valence-electron chi connectivity index (χ3n) is 7.73. The topological polar surface area (TPSA) is 323 Å². The monoisotopic (exact) mass is 734 g/mol. The van der Waals surface area contributed by atoms with Crippen LogP contribution in [0.5, 0.6) is 5.75 Å². The first kappa shape index (κ1) is 44.6. The fourth-order valence-electron chi connectivity index (χ4n) is 5.01. The van der Waals surface area contributed by atoms with Gasteiger partial charge in [0.2, 0.25) is 35.4 Å². The maximum Gasteiger partial charge on any atom is 0.305 e. The Hall–Kier alpha value is -5.46. The normalized spacial score (nSPS) is 13.7. The number of hydrogen-bond donors (Lipinski definition) is 11. The lowest BCUT2D eigenvalue weighted by molar-refractivity contribution is -0.141. The van der Waals surface area contributed by atoms with Crippen LogP contribution in [0.2, 0.25) is 0 Å². The van der Waals surface area contributed by atoms with E-state index in [0.717, 1.165) is 0 Å². The number of aliphatic carboxylic acids is 1. The first-order valence-corrected chi connectivity index (χ1v) is 16.9. The maximum atomic E-state index is 13.5. The van der Waals surface area contributed by atoms with E-state index < -0.39 is 84.0 Å². The number of likely N-dealkylation sites (N-methyl/N-ethyl adjacent to an activating group) is 1. The molecule has 0 aliphatic rings. The summed E-state index contributed by atoms with van der Waals surface area (Å²) in [5, 5.41) is 34.2. The molecule has 0 unspecified atom stereocenters. The molecule has 1 rings (SSSR count). The van der Waals surface area contributed by atoms with Crippen LogP contribution in [0.15, 0.2) is 29.3 Å². The number of hydrogen-bond acceptors (Lipinski definition) is 10. The van der Waals surface area contributed by atoms with Crippen LogP contribution < -0.4 is 49.1 Å². The molecule has 1 aromatic carbocycles. The zero-order chi connectivity index (χ0) is 39.4. The number of carboxylic acid groups (broad SMARTS) is 1. The van der Waals surface area contributed by atoms with Crippen molar-refractivity contribution in [3.05, 3.63) is 29.8 Å². The van der Waals surface area contributed by atoms with E-state index in [-0.39, 0.29) is 37.5 Å². The zero-order valence-electron chi connectivity index (χ0n) is 30.1. The second kappa shape index (κ2) is 23.1. The second-order valence-corrected chi connectivity index (χ2v) is 12.5. The van der Waals surface area contributed by atoms with Crippen LogP contribution in [-0.2, 0) is 40.0 Å². The van der Waals surface area contributed by atoms with Gasteiger partial charge >= 0.3 is 5.97 Å². The van der Waals surface area contributed by atoms with E-state index >= 15 is 0 Å². The van der Waals surface area contributed by atoms with Crippen LogP contribution in [0.1, 0.15) is 64.9 Å². The third kappa shape index (κ3) is 17.0. The third-order valence-corrected chi connectivity index (χ3v) is 7.73.